The van der Waals surface area contributed by atoms with Gasteiger partial charge in [0.1, 0.15) is 10.6 Å². The Morgan fingerprint density at radius 1 is 1.00 bits per heavy atom. The quantitative estimate of drug-likeness (QED) is 0.442. The summed E-state index contributed by atoms with van der Waals surface area (Å²) in [6.45, 7) is 7.63. The van der Waals surface area contributed by atoms with E-state index in [2.05, 4.69) is 15.7 Å². The number of carbonyl (C=O) groups excluding carboxylic acids is 2. The first-order valence-electron chi connectivity index (χ1n) is 10.1. The van der Waals surface area contributed by atoms with Gasteiger partial charge in [0.15, 0.2) is 0 Å². The monoisotopic (exact) mass is 450 g/mol. The summed E-state index contributed by atoms with van der Waals surface area (Å²) in [7, 11) is 0. The summed E-state index contributed by atoms with van der Waals surface area (Å²) in [5.41, 5.74) is 2.30. The van der Waals surface area contributed by atoms with Crippen LogP contribution in [0.3, 0.4) is 0 Å². The fourth-order valence-electron chi connectivity index (χ4n) is 3.23. The average molecular weight is 451 g/mol. The number of fused-ring (bicyclic) bond motifs is 1. The smallest absolute Gasteiger partial charge is 0.265 e. The maximum Gasteiger partial charge on any atom is 0.265 e. The Morgan fingerprint density at radius 3 is 2.28 bits per heavy atom. The molecule has 0 aliphatic rings. The lowest BCUT2D eigenvalue weighted by Crippen LogP contribution is -2.40. The van der Waals surface area contributed by atoms with Gasteiger partial charge in [0.25, 0.3) is 11.8 Å². The zero-order chi connectivity index (χ0) is 23.0. The third-order valence-electron chi connectivity index (χ3n) is 4.73. The third-order valence-corrected chi connectivity index (χ3v) is 5.84. The molecule has 0 aliphatic heterocycles. The molecular weight excluding hydrogens is 427 g/mol. The maximum atomic E-state index is 13.3. The lowest BCUT2D eigenvalue weighted by atomic mass is 10.1. The van der Waals surface area contributed by atoms with Crippen molar-refractivity contribution in [3.63, 3.8) is 0 Å². The molecule has 0 radical (unpaired) electrons. The van der Waals surface area contributed by atoms with Gasteiger partial charge in [-0.25, -0.2) is 9.07 Å². The van der Waals surface area contributed by atoms with Gasteiger partial charge in [-0.3, -0.25) is 9.59 Å². The number of aryl methyl sites for hydroxylation is 1. The SMILES string of the molecule is Cc1nn(-c2ccc(F)cc2)c2sc(C(=O)Nc3ccc(C(=O)NC(C)(C)C)cc3)cc12. The van der Waals surface area contributed by atoms with Crippen LogP contribution in [0.5, 0.6) is 0 Å². The molecule has 4 rings (SSSR count). The van der Waals surface area contributed by atoms with Crippen LogP contribution in [-0.2, 0) is 0 Å². The summed E-state index contributed by atoms with van der Waals surface area (Å²) in [5.74, 6) is -0.731. The predicted molar refractivity (Wildman–Crippen MR) is 125 cm³/mol. The van der Waals surface area contributed by atoms with Crippen molar-refractivity contribution in [1.29, 1.82) is 0 Å². The summed E-state index contributed by atoms with van der Waals surface area (Å²) in [6, 6.07) is 14.6. The molecule has 2 N–H and O–H groups in total. The largest absolute Gasteiger partial charge is 0.347 e. The summed E-state index contributed by atoms with van der Waals surface area (Å²) >= 11 is 1.32. The zero-order valence-electron chi connectivity index (χ0n) is 18.2. The van der Waals surface area contributed by atoms with E-state index in [-0.39, 0.29) is 23.2 Å². The van der Waals surface area contributed by atoms with E-state index in [1.54, 1.807) is 41.1 Å². The second-order valence-electron chi connectivity index (χ2n) is 8.54. The van der Waals surface area contributed by atoms with Crippen molar-refractivity contribution in [2.24, 2.45) is 0 Å². The van der Waals surface area contributed by atoms with E-state index in [1.807, 2.05) is 33.8 Å². The minimum atomic E-state index is -0.327. The van der Waals surface area contributed by atoms with Crippen molar-refractivity contribution < 1.29 is 14.0 Å². The van der Waals surface area contributed by atoms with Gasteiger partial charge in [-0.05, 0) is 82.3 Å². The van der Waals surface area contributed by atoms with Crippen LogP contribution in [0, 0.1) is 12.7 Å². The van der Waals surface area contributed by atoms with Crippen molar-refractivity contribution >= 4 is 39.1 Å². The Hall–Kier alpha value is -3.52. The first-order valence-corrected chi connectivity index (χ1v) is 10.9. The molecule has 0 aliphatic carbocycles. The van der Waals surface area contributed by atoms with Crippen LogP contribution in [0.1, 0.15) is 46.5 Å². The van der Waals surface area contributed by atoms with Crippen LogP contribution in [0.25, 0.3) is 15.9 Å². The minimum Gasteiger partial charge on any atom is -0.347 e. The van der Waals surface area contributed by atoms with E-state index in [0.29, 0.717) is 16.1 Å². The molecule has 0 saturated heterocycles. The molecule has 6 nitrogen and oxygen atoms in total. The van der Waals surface area contributed by atoms with E-state index in [9.17, 15) is 14.0 Å². The average Bonchev–Trinajstić information content (AvgIpc) is 3.29. The Balaban J connectivity index is 1.54. The molecule has 2 heterocycles. The Kier molecular flexibility index (Phi) is 5.56. The van der Waals surface area contributed by atoms with Crippen LogP contribution in [0.4, 0.5) is 10.1 Å². The van der Waals surface area contributed by atoms with Crippen molar-refractivity contribution in [1.82, 2.24) is 15.1 Å². The Labute approximate surface area is 189 Å². The fourth-order valence-corrected chi connectivity index (χ4v) is 4.30. The number of hydrogen-bond donors (Lipinski definition) is 2. The van der Waals surface area contributed by atoms with E-state index in [0.717, 1.165) is 21.6 Å². The normalized spacial score (nSPS) is 11.5. The highest BCUT2D eigenvalue weighted by atomic mass is 32.1. The van der Waals surface area contributed by atoms with E-state index < -0.39 is 0 Å². The summed E-state index contributed by atoms with van der Waals surface area (Å²) in [5, 5.41) is 11.2. The van der Waals surface area contributed by atoms with Crippen LogP contribution in [0.15, 0.2) is 54.6 Å². The van der Waals surface area contributed by atoms with Crippen molar-refractivity contribution in [2.45, 2.75) is 33.2 Å². The lowest BCUT2D eigenvalue weighted by Gasteiger charge is -2.20. The van der Waals surface area contributed by atoms with Gasteiger partial charge in [0.2, 0.25) is 0 Å². The van der Waals surface area contributed by atoms with Crippen LogP contribution in [0.2, 0.25) is 0 Å². The van der Waals surface area contributed by atoms with Gasteiger partial charge in [-0.15, -0.1) is 11.3 Å². The number of benzene rings is 2. The number of thiophene rings is 1. The highest BCUT2D eigenvalue weighted by molar-refractivity contribution is 7.20. The van der Waals surface area contributed by atoms with Gasteiger partial charge in [-0.1, -0.05) is 0 Å². The molecule has 0 spiro atoms. The second-order valence-corrected chi connectivity index (χ2v) is 9.57. The number of nitrogens with zero attached hydrogens (tertiary/aromatic N) is 2. The van der Waals surface area contributed by atoms with Gasteiger partial charge in [0, 0.05) is 22.2 Å². The molecule has 0 unspecified atom stereocenters. The summed E-state index contributed by atoms with van der Waals surface area (Å²) < 4.78 is 15.0. The van der Waals surface area contributed by atoms with E-state index in [4.69, 9.17) is 0 Å². The van der Waals surface area contributed by atoms with Crippen molar-refractivity contribution in [3.8, 4) is 5.69 Å². The zero-order valence-corrected chi connectivity index (χ0v) is 19.0. The standard InChI is InChI=1S/C24H23FN4O2S/c1-14-19-13-20(32-23(19)29(28-14)18-11-7-16(25)8-12-18)22(31)26-17-9-5-15(6-10-17)21(30)27-24(2,3)4/h5-13H,1-4H3,(H,26,31)(H,27,30). The Bertz CT molecular complexity index is 1300. The molecule has 8 heteroatoms. The number of rotatable bonds is 4. The minimum absolute atomic E-state index is 0.166. The highest BCUT2D eigenvalue weighted by Crippen LogP contribution is 2.31. The number of nitrogens with one attached hydrogen (secondary N) is 2. The van der Waals surface area contributed by atoms with Gasteiger partial charge < -0.3 is 10.6 Å². The fraction of sp³-hybridized carbons (Fsp3) is 0.208. The molecule has 0 fully saturated rings. The molecule has 4 aromatic rings. The van der Waals surface area contributed by atoms with Gasteiger partial charge in [0.05, 0.1) is 16.3 Å². The lowest BCUT2D eigenvalue weighted by molar-refractivity contribution is 0.0919. The molecule has 0 bridgehead atoms. The number of carbonyl (C=O) groups is 2. The summed E-state index contributed by atoms with van der Waals surface area (Å²) in [6.07, 6.45) is 0. The molecule has 32 heavy (non-hydrogen) atoms. The Morgan fingerprint density at radius 2 is 1.66 bits per heavy atom. The van der Waals surface area contributed by atoms with Crippen molar-refractivity contribution in [3.05, 3.63) is 76.5 Å². The van der Waals surface area contributed by atoms with Crippen LogP contribution >= 0.6 is 11.3 Å². The maximum absolute atomic E-state index is 13.3. The van der Waals surface area contributed by atoms with Crippen molar-refractivity contribution in [2.75, 3.05) is 5.32 Å². The van der Waals surface area contributed by atoms with Crippen LogP contribution < -0.4 is 10.6 Å². The molecule has 164 valence electrons. The second kappa shape index (κ2) is 8.20. The first-order chi connectivity index (χ1) is 15.1. The summed E-state index contributed by atoms with van der Waals surface area (Å²) in [4.78, 5) is 26.4. The molecule has 2 aromatic heterocycles. The van der Waals surface area contributed by atoms with Gasteiger partial charge in [-0.2, -0.15) is 5.10 Å². The van der Waals surface area contributed by atoms with E-state index >= 15 is 0 Å². The predicted octanol–water partition coefficient (Wildman–Crippen LogP) is 5.32. The molecule has 0 atom stereocenters. The number of hydrogen-bond acceptors (Lipinski definition) is 4. The van der Waals surface area contributed by atoms with Gasteiger partial charge >= 0.3 is 0 Å². The number of amides is 2. The first kappa shape index (κ1) is 21.7. The molecule has 2 amide bonds. The number of halogens is 1. The third kappa shape index (κ3) is 4.55. The molecule has 0 saturated carbocycles. The van der Waals surface area contributed by atoms with E-state index in [1.165, 1.54) is 23.5 Å². The number of anilines is 1. The highest BCUT2D eigenvalue weighted by Gasteiger charge is 2.18. The molecule has 2 aromatic carbocycles. The number of aromatic nitrogens is 2. The van der Waals surface area contributed by atoms with Crippen LogP contribution in [-0.4, -0.2) is 27.1 Å². The topological polar surface area (TPSA) is 76.0 Å². The molecular formula is C24H23FN4O2S.